The van der Waals surface area contributed by atoms with E-state index in [9.17, 15) is 14.3 Å². The molecule has 1 heterocycles. The molecule has 1 N–H and O–H groups in total. The predicted octanol–water partition coefficient (Wildman–Crippen LogP) is 2.90. The molecular formula is C13H14ClFO3. The summed E-state index contributed by atoms with van der Waals surface area (Å²) in [4.78, 5) is 11.5. The zero-order chi connectivity index (χ0) is 13.2. The van der Waals surface area contributed by atoms with Crippen LogP contribution >= 0.6 is 11.6 Å². The minimum Gasteiger partial charge on any atom is -0.481 e. The van der Waals surface area contributed by atoms with Crippen molar-refractivity contribution < 1.29 is 19.0 Å². The Bertz CT molecular complexity index is 456. The molecule has 1 aliphatic heterocycles. The summed E-state index contributed by atoms with van der Waals surface area (Å²) in [5.74, 6) is -1.31. The topological polar surface area (TPSA) is 46.5 Å². The molecule has 3 nitrogen and oxygen atoms in total. The van der Waals surface area contributed by atoms with Crippen LogP contribution in [-0.4, -0.2) is 24.3 Å². The molecule has 0 spiro atoms. The van der Waals surface area contributed by atoms with E-state index in [0.29, 0.717) is 36.6 Å². The maximum absolute atomic E-state index is 13.7. The summed E-state index contributed by atoms with van der Waals surface area (Å²) < 4.78 is 18.9. The first-order valence-electron chi connectivity index (χ1n) is 5.79. The minimum absolute atomic E-state index is 0.151. The van der Waals surface area contributed by atoms with Crippen molar-refractivity contribution in [3.05, 3.63) is 34.6 Å². The molecule has 5 heteroatoms. The van der Waals surface area contributed by atoms with Crippen LogP contribution in [0.15, 0.2) is 18.2 Å². The molecule has 18 heavy (non-hydrogen) atoms. The number of halogens is 2. The highest BCUT2D eigenvalue weighted by Gasteiger charge is 2.40. The van der Waals surface area contributed by atoms with Crippen molar-refractivity contribution >= 4 is 17.6 Å². The van der Waals surface area contributed by atoms with Crippen molar-refractivity contribution in [1.82, 2.24) is 0 Å². The van der Waals surface area contributed by atoms with Gasteiger partial charge in [-0.1, -0.05) is 11.6 Å². The van der Waals surface area contributed by atoms with Gasteiger partial charge in [-0.15, -0.1) is 0 Å². The number of rotatable bonds is 3. The third-order valence-corrected chi connectivity index (χ3v) is 3.68. The highest BCUT2D eigenvalue weighted by Crippen LogP contribution is 2.35. The van der Waals surface area contributed by atoms with E-state index in [1.165, 1.54) is 18.2 Å². The molecule has 0 amide bonds. The molecule has 1 fully saturated rings. The van der Waals surface area contributed by atoms with Crippen LogP contribution in [0.2, 0.25) is 5.02 Å². The highest BCUT2D eigenvalue weighted by atomic mass is 35.5. The largest absolute Gasteiger partial charge is 0.481 e. The van der Waals surface area contributed by atoms with Crippen LogP contribution < -0.4 is 0 Å². The molecule has 1 saturated heterocycles. The Balaban J connectivity index is 2.28. The van der Waals surface area contributed by atoms with Crippen molar-refractivity contribution in [1.29, 1.82) is 0 Å². The second-order valence-corrected chi connectivity index (χ2v) is 5.05. The fourth-order valence-corrected chi connectivity index (χ4v) is 2.47. The van der Waals surface area contributed by atoms with Crippen molar-refractivity contribution in [3.63, 3.8) is 0 Å². The van der Waals surface area contributed by atoms with E-state index < -0.39 is 17.2 Å². The van der Waals surface area contributed by atoms with E-state index >= 15 is 0 Å². The minimum atomic E-state index is -0.941. The molecule has 0 saturated carbocycles. The first-order valence-corrected chi connectivity index (χ1v) is 6.16. The van der Waals surface area contributed by atoms with Crippen LogP contribution in [0.1, 0.15) is 18.4 Å². The molecule has 2 rings (SSSR count). The summed E-state index contributed by atoms with van der Waals surface area (Å²) in [5, 5.41) is 9.82. The van der Waals surface area contributed by atoms with E-state index in [0.717, 1.165) is 0 Å². The number of aliphatic carboxylic acids is 1. The van der Waals surface area contributed by atoms with Gasteiger partial charge < -0.3 is 9.84 Å². The lowest BCUT2D eigenvalue weighted by Crippen LogP contribution is -2.39. The molecule has 0 radical (unpaired) electrons. The number of hydrogen-bond donors (Lipinski definition) is 1. The SMILES string of the molecule is O=C(O)C1(Cc2cc(Cl)ccc2F)CCOCC1. The summed E-state index contributed by atoms with van der Waals surface area (Å²) in [6, 6.07) is 4.22. The monoisotopic (exact) mass is 272 g/mol. The standard InChI is InChI=1S/C13H14ClFO3/c14-10-1-2-11(15)9(7-10)8-13(12(16)17)3-5-18-6-4-13/h1-2,7H,3-6,8H2,(H,16,17). The third-order valence-electron chi connectivity index (χ3n) is 3.44. The average molecular weight is 273 g/mol. The number of carbonyl (C=O) groups is 1. The summed E-state index contributed by atoms with van der Waals surface area (Å²) in [7, 11) is 0. The molecule has 1 aliphatic rings. The van der Waals surface area contributed by atoms with Gasteiger partial charge >= 0.3 is 5.97 Å². The summed E-state index contributed by atoms with van der Waals surface area (Å²) in [6.07, 6.45) is 0.945. The maximum Gasteiger partial charge on any atom is 0.310 e. The quantitative estimate of drug-likeness (QED) is 0.920. The Hall–Kier alpha value is -1.13. The molecule has 0 atom stereocenters. The van der Waals surface area contributed by atoms with Gasteiger partial charge in [0.15, 0.2) is 0 Å². The Morgan fingerprint density at radius 2 is 2.11 bits per heavy atom. The second-order valence-electron chi connectivity index (χ2n) is 4.61. The fourth-order valence-electron chi connectivity index (χ4n) is 2.27. The molecule has 1 aromatic rings. The number of carboxylic acid groups (broad SMARTS) is 1. The van der Waals surface area contributed by atoms with Crippen molar-refractivity contribution in [2.45, 2.75) is 19.3 Å². The zero-order valence-corrected chi connectivity index (χ0v) is 10.5. The first kappa shape index (κ1) is 13.3. The first-order chi connectivity index (χ1) is 8.53. The van der Waals surface area contributed by atoms with Gasteiger partial charge in [-0.25, -0.2) is 4.39 Å². The lowest BCUT2D eigenvalue weighted by Gasteiger charge is -2.33. The Kier molecular flexibility index (Phi) is 3.88. The van der Waals surface area contributed by atoms with E-state index in [1.807, 2.05) is 0 Å². The Morgan fingerprint density at radius 3 is 2.72 bits per heavy atom. The summed E-state index contributed by atoms with van der Waals surface area (Å²) in [6.45, 7) is 0.795. The zero-order valence-electron chi connectivity index (χ0n) is 9.79. The van der Waals surface area contributed by atoms with Gasteiger partial charge in [0.1, 0.15) is 5.82 Å². The van der Waals surface area contributed by atoms with Crippen LogP contribution in [-0.2, 0) is 16.0 Å². The van der Waals surface area contributed by atoms with Crippen molar-refractivity contribution in [2.24, 2.45) is 5.41 Å². The maximum atomic E-state index is 13.7. The van der Waals surface area contributed by atoms with Gasteiger partial charge in [0.2, 0.25) is 0 Å². The summed E-state index contributed by atoms with van der Waals surface area (Å²) in [5.41, 5.74) is -0.587. The van der Waals surface area contributed by atoms with Gasteiger partial charge in [-0.3, -0.25) is 4.79 Å². The highest BCUT2D eigenvalue weighted by molar-refractivity contribution is 6.30. The van der Waals surface area contributed by atoms with Gasteiger partial charge in [0.05, 0.1) is 5.41 Å². The van der Waals surface area contributed by atoms with Gasteiger partial charge in [-0.05, 0) is 43.0 Å². The van der Waals surface area contributed by atoms with E-state index in [1.54, 1.807) is 0 Å². The number of ether oxygens (including phenoxy) is 1. The van der Waals surface area contributed by atoms with Crippen molar-refractivity contribution in [2.75, 3.05) is 13.2 Å². The molecule has 98 valence electrons. The molecule has 0 aromatic heterocycles. The number of benzene rings is 1. The van der Waals surface area contributed by atoms with E-state index in [2.05, 4.69) is 0 Å². The van der Waals surface area contributed by atoms with Gasteiger partial charge in [0.25, 0.3) is 0 Å². The number of hydrogen-bond acceptors (Lipinski definition) is 2. The van der Waals surface area contributed by atoms with E-state index in [-0.39, 0.29) is 6.42 Å². The molecule has 0 aliphatic carbocycles. The van der Waals surface area contributed by atoms with E-state index in [4.69, 9.17) is 16.3 Å². The summed E-state index contributed by atoms with van der Waals surface area (Å²) >= 11 is 5.82. The fraction of sp³-hybridized carbons (Fsp3) is 0.462. The molecule has 0 unspecified atom stereocenters. The van der Waals surface area contributed by atoms with Crippen LogP contribution in [0.5, 0.6) is 0 Å². The Morgan fingerprint density at radius 1 is 1.44 bits per heavy atom. The lowest BCUT2D eigenvalue weighted by molar-refractivity contribution is -0.154. The van der Waals surface area contributed by atoms with Crippen LogP contribution in [0.3, 0.4) is 0 Å². The third kappa shape index (κ3) is 2.65. The van der Waals surface area contributed by atoms with Gasteiger partial charge in [-0.2, -0.15) is 0 Å². The molecule has 0 bridgehead atoms. The smallest absolute Gasteiger partial charge is 0.310 e. The van der Waals surface area contributed by atoms with Crippen LogP contribution in [0, 0.1) is 11.2 Å². The second kappa shape index (κ2) is 5.24. The molecule has 1 aromatic carbocycles. The molecular weight excluding hydrogens is 259 g/mol. The lowest BCUT2D eigenvalue weighted by atomic mass is 9.75. The average Bonchev–Trinajstić information content (AvgIpc) is 2.35. The van der Waals surface area contributed by atoms with Crippen molar-refractivity contribution in [3.8, 4) is 0 Å². The van der Waals surface area contributed by atoms with Crippen LogP contribution in [0.25, 0.3) is 0 Å². The number of carboxylic acids is 1. The van der Waals surface area contributed by atoms with Crippen LogP contribution in [0.4, 0.5) is 4.39 Å². The normalized spacial score (nSPS) is 18.6. The Labute approximate surface area is 110 Å². The predicted molar refractivity (Wildman–Crippen MR) is 65.2 cm³/mol. The van der Waals surface area contributed by atoms with Gasteiger partial charge in [0, 0.05) is 18.2 Å².